The molecule has 5 atom stereocenters. The summed E-state index contributed by atoms with van der Waals surface area (Å²) in [7, 11) is 0. The van der Waals surface area contributed by atoms with Crippen molar-refractivity contribution >= 4 is 23.7 Å². The molecule has 1 aromatic rings. The standard InChI is InChI=1S/C27H45N5O6/c1-5-17(4)23(27(37)38)32-26(36)22(15-18-9-11-19(33)12-10-18)31-25(35)21(14-16(2)3)30-24(34)20(29)8-6-7-13-28/h9-12,16-17,20-23,33H,5-8,13-15,28-29H2,1-4H3,(H,30,34)(H,31,35)(H,32,36)(H,37,38). The summed E-state index contributed by atoms with van der Waals surface area (Å²) < 4.78 is 0. The molecule has 38 heavy (non-hydrogen) atoms. The number of carbonyl (C=O) groups excluding carboxylic acids is 3. The summed E-state index contributed by atoms with van der Waals surface area (Å²) in [6.45, 7) is 7.84. The molecule has 0 fully saturated rings. The fourth-order valence-corrected chi connectivity index (χ4v) is 3.91. The first-order valence-electron chi connectivity index (χ1n) is 13.3. The lowest BCUT2D eigenvalue weighted by atomic mass is 9.97. The number of amides is 3. The second-order valence-electron chi connectivity index (χ2n) is 10.2. The zero-order valence-electron chi connectivity index (χ0n) is 22.9. The minimum Gasteiger partial charge on any atom is -0.508 e. The highest BCUT2D eigenvalue weighted by molar-refractivity contribution is 5.94. The number of benzene rings is 1. The number of phenols is 1. The van der Waals surface area contributed by atoms with Crippen molar-refractivity contribution in [3.05, 3.63) is 29.8 Å². The van der Waals surface area contributed by atoms with E-state index in [0.717, 1.165) is 6.42 Å². The predicted molar refractivity (Wildman–Crippen MR) is 145 cm³/mol. The molecule has 0 aliphatic heterocycles. The molecule has 0 radical (unpaired) electrons. The van der Waals surface area contributed by atoms with Crippen molar-refractivity contribution in [3.8, 4) is 5.75 Å². The number of unbranched alkanes of at least 4 members (excludes halogenated alkanes) is 1. The number of phenolic OH excluding ortho intramolecular Hbond substituents is 1. The van der Waals surface area contributed by atoms with Gasteiger partial charge in [-0.1, -0.05) is 52.7 Å². The maximum atomic E-state index is 13.3. The Morgan fingerprint density at radius 2 is 1.47 bits per heavy atom. The van der Waals surface area contributed by atoms with Crippen LogP contribution in [0.2, 0.25) is 0 Å². The average Bonchev–Trinajstić information content (AvgIpc) is 2.86. The highest BCUT2D eigenvalue weighted by Crippen LogP contribution is 2.14. The van der Waals surface area contributed by atoms with Crippen LogP contribution in [0.3, 0.4) is 0 Å². The molecule has 0 aromatic heterocycles. The van der Waals surface area contributed by atoms with Crippen LogP contribution in [0.15, 0.2) is 24.3 Å². The zero-order chi connectivity index (χ0) is 28.8. The maximum absolute atomic E-state index is 13.3. The summed E-state index contributed by atoms with van der Waals surface area (Å²) in [4.78, 5) is 51.1. The van der Waals surface area contributed by atoms with Gasteiger partial charge in [0.05, 0.1) is 6.04 Å². The number of aromatic hydroxyl groups is 1. The van der Waals surface area contributed by atoms with Crippen LogP contribution >= 0.6 is 0 Å². The minimum atomic E-state index is -1.17. The topological polar surface area (TPSA) is 197 Å². The third kappa shape index (κ3) is 11.5. The van der Waals surface area contributed by atoms with Gasteiger partial charge in [0.25, 0.3) is 0 Å². The molecule has 5 unspecified atom stereocenters. The Hall–Kier alpha value is -3.18. The number of carboxylic acid groups (broad SMARTS) is 1. The van der Waals surface area contributed by atoms with Crippen molar-refractivity contribution in [2.24, 2.45) is 23.3 Å². The lowest BCUT2D eigenvalue weighted by Crippen LogP contribution is -2.58. The molecule has 11 nitrogen and oxygen atoms in total. The monoisotopic (exact) mass is 535 g/mol. The summed E-state index contributed by atoms with van der Waals surface area (Å²) in [6, 6.07) is 2.14. The van der Waals surface area contributed by atoms with Crippen LogP contribution in [0.4, 0.5) is 0 Å². The summed E-state index contributed by atoms with van der Waals surface area (Å²) >= 11 is 0. The average molecular weight is 536 g/mol. The fraction of sp³-hybridized carbons (Fsp3) is 0.630. The molecule has 1 rings (SSSR count). The first kappa shape index (κ1) is 32.8. The van der Waals surface area contributed by atoms with E-state index in [9.17, 15) is 29.4 Å². The van der Waals surface area contributed by atoms with Crippen LogP contribution in [-0.2, 0) is 25.6 Å². The third-order valence-electron chi connectivity index (χ3n) is 6.43. The Kier molecular flexibility index (Phi) is 14.4. The highest BCUT2D eigenvalue weighted by Gasteiger charge is 2.32. The molecule has 11 heteroatoms. The van der Waals surface area contributed by atoms with E-state index < -0.39 is 47.9 Å². The van der Waals surface area contributed by atoms with Gasteiger partial charge in [0.2, 0.25) is 17.7 Å². The van der Waals surface area contributed by atoms with E-state index in [1.54, 1.807) is 19.1 Å². The summed E-state index contributed by atoms with van der Waals surface area (Å²) in [5.41, 5.74) is 12.1. The second kappa shape index (κ2) is 16.6. The maximum Gasteiger partial charge on any atom is 0.326 e. The third-order valence-corrected chi connectivity index (χ3v) is 6.43. The van der Waals surface area contributed by atoms with Gasteiger partial charge in [-0.25, -0.2) is 4.79 Å². The first-order chi connectivity index (χ1) is 17.9. The van der Waals surface area contributed by atoms with Crippen LogP contribution in [-0.4, -0.2) is 64.6 Å². The number of carboxylic acids is 1. The van der Waals surface area contributed by atoms with Gasteiger partial charge in [0.15, 0.2) is 0 Å². The molecule has 1 aromatic carbocycles. The molecule has 0 aliphatic carbocycles. The van der Waals surface area contributed by atoms with E-state index in [1.165, 1.54) is 12.1 Å². The van der Waals surface area contributed by atoms with Crippen LogP contribution in [0, 0.1) is 11.8 Å². The molecular formula is C27H45N5O6. The molecule has 9 N–H and O–H groups in total. The Morgan fingerprint density at radius 3 is 2.00 bits per heavy atom. The molecule has 0 saturated heterocycles. The van der Waals surface area contributed by atoms with Crippen molar-refractivity contribution in [1.29, 1.82) is 0 Å². The summed E-state index contributed by atoms with van der Waals surface area (Å²) in [5.74, 6) is -3.12. The molecule has 0 bridgehead atoms. The van der Waals surface area contributed by atoms with Crippen molar-refractivity contribution in [1.82, 2.24) is 16.0 Å². The molecule has 3 amide bonds. The number of carbonyl (C=O) groups is 4. The molecule has 0 heterocycles. The summed E-state index contributed by atoms with van der Waals surface area (Å²) in [6.07, 6.45) is 2.73. The number of hydrogen-bond donors (Lipinski definition) is 7. The van der Waals surface area contributed by atoms with E-state index in [-0.39, 0.29) is 24.0 Å². The Bertz CT molecular complexity index is 908. The molecule has 0 saturated carbocycles. The first-order valence-corrected chi connectivity index (χ1v) is 13.3. The molecule has 0 spiro atoms. The molecular weight excluding hydrogens is 490 g/mol. The number of nitrogens with one attached hydrogen (secondary N) is 3. The van der Waals surface area contributed by atoms with Gasteiger partial charge in [-0.2, -0.15) is 0 Å². The highest BCUT2D eigenvalue weighted by atomic mass is 16.4. The van der Waals surface area contributed by atoms with Crippen LogP contribution in [0.5, 0.6) is 5.75 Å². The predicted octanol–water partition coefficient (Wildman–Crippen LogP) is 1.02. The number of hydrogen-bond acceptors (Lipinski definition) is 7. The van der Waals surface area contributed by atoms with E-state index >= 15 is 0 Å². The summed E-state index contributed by atoms with van der Waals surface area (Å²) in [5, 5.41) is 27.2. The van der Waals surface area contributed by atoms with E-state index in [4.69, 9.17) is 11.5 Å². The van der Waals surface area contributed by atoms with Crippen molar-refractivity contribution < 1.29 is 29.4 Å². The van der Waals surface area contributed by atoms with Crippen LogP contribution in [0.25, 0.3) is 0 Å². The Balaban J connectivity index is 3.13. The van der Waals surface area contributed by atoms with Gasteiger partial charge in [0, 0.05) is 6.42 Å². The lowest BCUT2D eigenvalue weighted by molar-refractivity contribution is -0.143. The Labute approximate surface area is 225 Å². The van der Waals surface area contributed by atoms with Crippen LogP contribution in [0.1, 0.15) is 65.4 Å². The quantitative estimate of drug-likeness (QED) is 0.143. The second-order valence-corrected chi connectivity index (χ2v) is 10.2. The number of rotatable bonds is 17. The zero-order valence-corrected chi connectivity index (χ0v) is 22.9. The van der Waals surface area contributed by atoms with Crippen molar-refractivity contribution in [3.63, 3.8) is 0 Å². The Morgan fingerprint density at radius 1 is 0.895 bits per heavy atom. The minimum absolute atomic E-state index is 0.0454. The van der Waals surface area contributed by atoms with Gasteiger partial charge in [0.1, 0.15) is 23.9 Å². The van der Waals surface area contributed by atoms with Crippen molar-refractivity contribution in [2.45, 2.75) is 90.4 Å². The molecule has 214 valence electrons. The van der Waals surface area contributed by atoms with Crippen LogP contribution < -0.4 is 27.4 Å². The van der Waals surface area contributed by atoms with Gasteiger partial charge in [-0.3, -0.25) is 14.4 Å². The number of nitrogens with two attached hydrogens (primary N) is 2. The van der Waals surface area contributed by atoms with E-state index in [1.807, 2.05) is 20.8 Å². The normalized spacial score (nSPS) is 15.1. The van der Waals surface area contributed by atoms with Gasteiger partial charge in [-0.15, -0.1) is 0 Å². The number of aliphatic carboxylic acids is 1. The van der Waals surface area contributed by atoms with Gasteiger partial charge >= 0.3 is 5.97 Å². The van der Waals surface area contributed by atoms with Gasteiger partial charge in [-0.05, 0) is 55.3 Å². The SMILES string of the molecule is CCC(C)C(NC(=O)C(Cc1ccc(O)cc1)NC(=O)C(CC(C)C)NC(=O)C(N)CCCCN)C(=O)O. The van der Waals surface area contributed by atoms with Gasteiger partial charge < -0.3 is 37.6 Å². The smallest absolute Gasteiger partial charge is 0.326 e. The fourth-order valence-electron chi connectivity index (χ4n) is 3.91. The largest absolute Gasteiger partial charge is 0.508 e. The van der Waals surface area contributed by atoms with Crippen molar-refractivity contribution in [2.75, 3.05) is 6.54 Å². The molecule has 0 aliphatic rings. The van der Waals surface area contributed by atoms with E-state index in [2.05, 4.69) is 16.0 Å². The van der Waals surface area contributed by atoms with E-state index in [0.29, 0.717) is 37.8 Å². The lowest BCUT2D eigenvalue weighted by Gasteiger charge is -2.27.